The van der Waals surface area contributed by atoms with Gasteiger partial charge in [-0.3, -0.25) is 13.5 Å². The fraction of sp³-hybridized carbons (Fsp3) is 0.368. The molecule has 2 aliphatic heterocycles. The lowest BCUT2D eigenvalue weighted by atomic mass is 10.2. The Labute approximate surface area is 161 Å². The number of fused-ring (bicyclic) bond motifs is 1. The fourth-order valence-corrected chi connectivity index (χ4v) is 4.47. The van der Waals surface area contributed by atoms with E-state index in [9.17, 15) is 13.2 Å². The summed E-state index contributed by atoms with van der Waals surface area (Å²) in [6.07, 6.45) is 0. The average Bonchev–Trinajstić information content (AvgIpc) is 3.01. The highest BCUT2D eigenvalue weighted by molar-refractivity contribution is 8.02. The van der Waals surface area contributed by atoms with Gasteiger partial charge in [-0.15, -0.1) is 0 Å². The lowest BCUT2D eigenvalue weighted by molar-refractivity contribution is 0.158. The van der Waals surface area contributed by atoms with Crippen LogP contribution in [0.15, 0.2) is 36.4 Å². The molecule has 144 valence electrons. The van der Waals surface area contributed by atoms with E-state index in [-0.39, 0.29) is 11.5 Å². The number of piperazine rings is 1. The maximum absolute atomic E-state index is 14.6. The largest absolute Gasteiger partial charge is 0.304 e. The molecular weight excluding hydrogens is 373 g/mol. The quantitative estimate of drug-likeness (QED) is 0.728. The molecule has 2 aromatic carbocycles. The summed E-state index contributed by atoms with van der Waals surface area (Å²) in [5, 5.41) is 0. The first kappa shape index (κ1) is 18.5. The lowest BCUT2D eigenvalue weighted by Crippen LogP contribution is -2.46. The number of anilines is 3. The highest BCUT2D eigenvalue weighted by Crippen LogP contribution is 2.50. The number of nitrogens with zero attached hydrogens (tertiary/aromatic N) is 4. The van der Waals surface area contributed by atoms with Gasteiger partial charge in [-0.05, 0) is 31.3 Å². The Morgan fingerprint density at radius 2 is 1.67 bits per heavy atom. The monoisotopic (exact) mass is 394 g/mol. The Morgan fingerprint density at radius 1 is 0.889 bits per heavy atom. The highest BCUT2D eigenvalue weighted by Gasteiger charge is 2.33. The average molecular weight is 394 g/mol. The first-order valence-electron chi connectivity index (χ1n) is 8.93. The maximum Gasteiger partial charge on any atom is 0.150 e. The second-order valence-electron chi connectivity index (χ2n) is 6.83. The van der Waals surface area contributed by atoms with Crippen LogP contribution in [0.1, 0.15) is 0 Å². The molecular formula is C19H21F3N4S. The molecule has 0 N–H and O–H groups in total. The van der Waals surface area contributed by atoms with E-state index in [1.54, 1.807) is 16.4 Å². The van der Waals surface area contributed by atoms with Crippen LogP contribution >= 0.6 is 12.1 Å². The minimum Gasteiger partial charge on any atom is -0.304 e. The van der Waals surface area contributed by atoms with Gasteiger partial charge in [0.15, 0.2) is 5.82 Å². The summed E-state index contributed by atoms with van der Waals surface area (Å²) in [6.45, 7) is 5.41. The van der Waals surface area contributed by atoms with E-state index < -0.39 is 11.6 Å². The number of hydrogen-bond donors (Lipinski definition) is 0. The van der Waals surface area contributed by atoms with Gasteiger partial charge in [-0.2, -0.15) is 0 Å². The van der Waals surface area contributed by atoms with Crippen molar-refractivity contribution in [2.75, 3.05) is 54.9 Å². The normalized spacial score (nSPS) is 18.2. The summed E-state index contributed by atoms with van der Waals surface area (Å²) in [5.74, 6) is -1.64. The van der Waals surface area contributed by atoms with E-state index in [1.165, 1.54) is 30.3 Å². The van der Waals surface area contributed by atoms with Crippen molar-refractivity contribution in [2.45, 2.75) is 0 Å². The molecule has 0 atom stereocenters. The zero-order chi connectivity index (χ0) is 19.0. The van der Waals surface area contributed by atoms with Crippen LogP contribution in [-0.4, -0.2) is 56.1 Å². The van der Waals surface area contributed by atoms with E-state index >= 15 is 0 Å². The van der Waals surface area contributed by atoms with Crippen LogP contribution in [0.2, 0.25) is 0 Å². The smallest absolute Gasteiger partial charge is 0.150 e. The van der Waals surface area contributed by atoms with Gasteiger partial charge < -0.3 is 4.90 Å². The molecule has 0 radical (unpaired) electrons. The molecule has 0 saturated carbocycles. The molecule has 4 nitrogen and oxygen atoms in total. The Morgan fingerprint density at radius 3 is 2.41 bits per heavy atom. The third kappa shape index (κ3) is 3.74. The number of para-hydroxylation sites is 1. The zero-order valence-electron chi connectivity index (χ0n) is 15.0. The van der Waals surface area contributed by atoms with E-state index in [0.717, 1.165) is 38.8 Å². The molecule has 4 rings (SSSR count). The molecule has 0 unspecified atom stereocenters. The van der Waals surface area contributed by atoms with Crippen LogP contribution in [0, 0.1) is 17.5 Å². The molecule has 0 aromatic heterocycles. The fourth-order valence-electron chi connectivity index (χ4n) is 3.37. The van der Waals surface area contributed by atoms with Gasteiger partial charge in [0.2, 0.25) is 0 Å². The molecule has 2 heterocycles. The second-order valence-corrected chi connectivity index (χ2v) is 7.80. The molecule has 0 bridgehead atoms. The number of benzene rings is 2. The van der Waals surface area contributed by atoms with Gasteiger partial charge in [0.05, 0.1) is 23.5 Å². The molecule has 2 aromatic rings. The molecule has 2 aliphatic rings. The molecule has 1 saturated heterocycles. The summed E-state index contributed by atoms with van der Waals surface area (Å²) in [4.78, 5) is 4.64. The van der Waals surface area contributed by atoms with Crippen molar-refractivity contribution in [3.05, 3.63) is 53.8 Å². The van der Waals surface area contributed by atoms with Crippen LogP contribution in [0.25, 0.3) is 0 Å². The van der Waals surface area contributed by atoms with Gasteiger partial charge in [0.25, 0.3) is 0 Å². The second kappa shape index (κ2) is 7.61. The van der Waals surface area contributed by atoms with Crippen LogP contribution in [0.5, 0.6) is 0 Å². The maximum atomic E-state index is 14.6. The Balaban J connectivity index is 1.56. The topological polar surface area (TPSA) is 13.0 Å². The van der Waals surface area contributed by atoms with Crippen LogP contribution < -0.4 is 8.61 Å². The number of halogens is 3. The molecule has 0 aliphatic carbocycles. The van der Waals surface area contributed by atoms with Gasteiger partial charge in [0.1, 0.15) is 17.3 Å². The zero-order valence-corrected chi connectivity index (χ0v) is 15.9. The minimum absolute atomic E-state index is 0.218. The molecule has 1 fully saturated rings. The van der Waals surface area contributed by atoms with Crippen molar-refractivity contribution in [1.29, 1.82) is 0 Å². The molecule has 27 heavy (non-hydrogen) atoms. The SMILES string of the molecule is CN1CCN(CCN2SN(c3ccc(F)cc3F)c3cccc(F)c32)CC1. The summed E-state index contributed by atoms with van der Waals surface area (Å²) >= 11 is 1.24. The van der Waals surface area contributed by atoms with Crippen molar-refractivity contribution >= 4 is 29.2 Å². The van der Waals surface area contributed by atoms with Crippen LogP contribution in [0.4, 0.5) is 30.2 Å². The van der Waals surface area contributed by atoms with Gasteiger partial charge in [0, 0.05) is 45.3 Å². The van der Waals surface area contributed by atoms with Crippen LogP contribution in [-0.2, 0) is 0 Å². The van der Waals surface area contributed by atoms with E-state index in [1.807, 2.05) is 4.31 Å². The minimum atomic E-state index is -0.668. The number of likely N-dealkylation sites (N-methyl/N-ethyl adjacent to an activating group) is 1. The Hall–Kier alpha value is -1.90. The third-order valence-corrected chi connectivity index (χ3v) is 6.08. The third-order valence-electron chi connectivity index (χ3n) is 4.96. The van der Waals surface area contributed by atoms with Gasteiger partial charge >= 0.3 is 0 Å². The molecule has 0 amide bonds. The highest BCUT2D eigenvalue weighted by atomic mass is 32.2. The predicted molar refractivity (Wildman–Crippen MR) is 104 cm³/mol. The van der Waals surface area contributed by atoms with E-state index in [2.05, 4.69) is 16.8 Å². The summed E-state index contributed by atoms with van der Waals surface area (Å²) in [5.41, 5.74) is 1.24. The Bertz CT molecular complexity index is 827. The summed E-state index contributed by atoms with van der Waals surface area (Å²) in [7, 11) is 2.11. The van der Waals surface area contributed by atoms with E-state index in [4.69, 9.17) is 0 Å². The van der Waals surface area contributed by atoms with Crippen molar-refractivity contribution in [2.24, 2.45) is 0 Å². The summed E-state index contributed by atoms with van der Waals surface area (Å²) in [6, 6.07) is 8.22. The first-order chi connectivity index (χ1) is 13.0. The van der Waals surface area contributed by atoms with Crippen molar-refractivity contribution in [1.82, 2.24) is 9.80 Å². The lowest BCUT2D eigenvalue weighted by Gasteiger charge is -2.33. The van der Waals surface area contributed by atoms with E-state index in [0.29, 0.717) is 17.9 Å². The molecule has 0 spiro atoms. The summed E-state index contributed by atoms with van der Waals surface area (Å²) < 4.78 is 45.6. The van der Waals surface area contributed by atoms with Crippen molar-refractivity contribution in [3.63, 3.8) is 0 Å². The van der Waals surface area contributed by atoms with Crippen LogP contribution in [0.3, 0.4) is 0 Å². The van der Waals surface area contributed by atoms with Gasteiger partial charge in [-0.25, -0.2) is 13.2 Å². The predicted octanol–water partition coefficient (Wildman–Crippen LogP) is 3.87. The van der Waals surface area contributed by atoms with Crippen molar-refractivity contribution in [3.8, 4) is 0 Å². The number of hydrogen-bond acceptors (Lipinski definition) is 5. The molecule has 8 heteroatoms. The van der Waals surface area contributed by atoms with Gasteiger partial charge in [-0.1, -0.05) is 6.07 Å². The Kier molecular flexibility index (Phi) is 5.21. The number of rotatable bonds is 4. The van der Waals surface area contributed by atoms with Crippen molar-refractivity contribution < 1.29 is 13.2 Å². The first-order valence-corrected chi connectivity index (χ1v) is 9.66. The standard InChI is InChI=1S/C19H21F3N4S/c1-23-7-9-24(10-8-23)11-12-25-19-15(21)3-2-4-18(19)26(27-25)17-6-5-14(20)13-16(17)22/h2-6,13H,7-12H2,1H3.